The Labute approximate surface area is 219 Å². The lowest BCUT2D eigenvalue weighted by atomic mass is 10.1. The molecule has 1 aliphatic heterocycles. The van der Waals surface area contributed by atoms with Gasteiger partial charge in [-0.05, 0) is 43.7 Å². The van der Waals surface area contributed by atoms with Gasteiger partial charge in [-0.25, -0.2) is 9.29 Å². The van der Waals surface area contributed by atoms with Crippen LogP contribution in [0.4, 0.5) is 10.1 Å². The normalized spacial score (nSPS) is 13.3. The number of fused-ring (bicyclic) bond motifs is 1. The predicted molar refractivity (Wildman–Crippen MR) is 140 cm³/mol. The first-order valence-electron chi connectivity index (χ1n) is 12.0. The summed E-state index contributed by atoms with van der Waals surface area (Å²) in [5.74, 6) is -2.38. The van der Waals surface area contributed by atoms with Crippen molar-refractivity contribution in [3.8, 4) is 0 Å². The summed E-state index contributed by atoms with van der Waals surface area (Å²) in [7, 11) is 0. The van der Waals surface area contributed by atoms with Gasteiger partial charge in [0.15, 0.2) is 0 Å². The van der Waals surface area contributed by atoms with Gasteiger partial charge in [-0.15, -0.1) is 0 Å². The molecule has 0 unspecified atom stereocenters. The van der Waals surface area contributed by atoms with Crippen LogP contribution in [0.2, 0.25) is 0 Å². The molecule has 9 nitrogen and oxygen atoms in total. The number of halogens is 1. The molecule has 3 aromatic rings. The van der Waals surface area contributed by atoms with Crippen LogP contribution in [0.25, 0.3) is 0 Å². The number of amidine groups is 1. The first-order valence-corrected chi connectivity index (χ1v) is 12.0. The average Bonchev–Trinajstić information content (AvgIpc) is 3.14. The third-order valence-electron chi connectivity index (χ3n) is 6.16. The van der Waals surface area contributed by atoms with Crippen LogP contribution in [-0.2, 0) is 22.6 Å². The average molecular weight is 518 g/mol. The second-order valence-electron chi connectivity index (χ2n) is 8.79. The molecule has 1 heterocycles. The first kappa shape index (κ1) is 26.5. The molecule has 0 aliphatic carbocycles. The molecule has 0 saturated carbocycles. The number of nitrogens with zero attached hydrogens (tertiary/aromatic N) is 1. The number of nitrogens with one attached hydrogen (secondary N) is 3. The molecule has 0 spiro atoms. The number of anilines is 1. The summed E-state index contributed by atoms with van der Waals surface area (Å²) in [6.45, 7) is 3.72. The molecule has 0 saturated heterocycles. The maximum absolute atomic E-state index is 14.1. The van der Waals surface area contributed by atoms with Crippen LogP contribution >= 0.6 is 0 Å². The number of ether oxygens (including phenoxy) is 1. The lowest BCUT2D eigenvalue weighted by Gasteiger charge is -2.25. The van der Waals surface area contributed by atoms with Crippen molar-refractivity contribution >= 4 is 29.2 Å². The van der Waals surface area contributed by atoms with E-state index in [1.54, 1.807) is 61.5 Å². The zero-order valence-corrected chi connectivity index (χ0v) is 21.0. The summed E-state index contributed by atoms with van der Waals surface area (Å²) in [6, 6.07) is 16.2. The van der Waals surface area contributed by atoms with Gasteiger partial charge in [-0.1, -0.05) is 42.0 Å². The van der Waals surface area contributed by atoms with Crippen molar-refractivity contribution in [1.29, 1.82) is 5.41 Å². The van der Waals surface area contributed by atoms with E-state index in [9.17, 15) is 18.8 Å². The SMILES string of the molecule is CCO[C@@H](C(=O)NCc1ccc(C(=N)N)cc1NCc1ccccc1F)N1C(=O)c2ccc(C)cc2C1=O. The van der Waals surface area contributed by atoms with Crippen molar-refractivity contribution in [2.75, 3.05) is 11.9 Å². The fraction of sp³-hybridized carbons (Fsp3) is 0.214. The number of carbonyl (C=O) groups is 3. The number of hydrogen-bond acceptors (Lipinski definition) is 6. The molecular weight excluding hydrogens is 489 g/mol. The number of imide groups is 1. The highest BCUT2D eigenvalue weighted by molar-refractivity contribution is 6.22. The number of rotatable bonds is 10. The molecule has 1 atom stereocenters. The highest BCUT2D eigenvalue weighted by Crippen LogP contribution is 2.27. The standard InChI is InChI=1S/C28H28FN5O4/c1-3-38-28(34-26(36)20-11-8-16(2)12-21(20)27(34)37)25(35)33-15-19-10-9-17(24(30)31)13-23(19)32-14-18-6-4-5-7-22(18)29/h4-13,28,32H,3,14-15H2,1-2H3,(H3,30,31)(H,33,35)/t28-/m0/s1. The third-order valence-corrected chi connectivity index (χ3v) is 6.16. The lowest BCUT2D eigenvalue weighted by Crippen LogP contribution is -2.51. The fourth-order valence-electron chi connectivity index (χ4n) is 4.18. The Kier molecular flexibility index (Phi) is 7.82. The van der Waals surface area contributed by atoms with E-state index >= 15 is 0 Å². The monoisotopic (exact) mass is 517 g/mol. The molecule has 3 aromatic carbocycles. The maximum atomic E-state index is 14.1. The van der Waals surface area contributed by atoms with Gasteiger partial charge in [-0.2, -0.15) is 0 Å². The van der Waals surface area contributed by atoms with Crippen molar-refractivity contribution in [2.45, 2.75) is 33.2 Å². The Morgan fingerprint density at radius 3 is 2.47 bits per heavy atom. The Balaban J connectivity index is 1.53. The van der Waals surface area contributed by atoms with E-state index in [1.165, 1.54) is 6.07 Å². The molecule has 0 radical (unpaired) electrons. The van der Waals surface area contributed by atoms with Gasteiger partial charge in [-0.3, -0.25) is 19.8 Å². The van der Waals surface area contributed by atoms with Gasteiger partial charge >= 0.3 is 0 Å². The van der Waals surface area contributed by atoms with Crippen molar-refractivity contribution < 1.29 is 23.5 Å². The van der Waals surface area contributed by atoms with Crippen LogP contribution in [0, 0.1) is 18.2 Å². The summed E-state index contributed by atoms with van der Waals surface area (Å²) in [6.07, 6.45) is -1.46. The molecule has 0 bridgehead atoms. The minimum Gasteiger partial charge on any atom is -0.384 e. The topological polar surface area (TPSA) is 138 Å². The van der Waals surface area contributed by atoms with Gasteiger partial charge in [0.2, 0.25) is 6.23 Å². The van der Waals surface area contributed by atoms with Crippen molar-refractivity contribution in [1.82, 2.24) is 10.2 Å². The number of nitrogen functional groups attached to an aromatic ring is 1. The molecule has 10 heteroatoms. The molecule has 5 N–H and O–H groups in total. The fourth-order valence-corrected chi connectivity index (χ4v) is 4.18. The van der Waals surface area contributed by atoms with E-state index in [0.717, 1.165) is 10.5 Å². The summed E-state index contributed by atoms with van der Waals surface area (Å²) in [4.78, 5) is 40.1. The van der Waals surface area contributed by atoms with Crippen LogP contribution < -0.4 is 16.4 Å². The van der Waals surface area contributed by atoms with Crippen molar-refractivity contribution in [2.24, 2.45) is 5.73 Å². The number of aryl methyl sites for hydroxylation is 1. The zero-order chi connectivity index (χ0) is 27.4. The summed E-state index contributed by atoms with van der Waals surface area (Å²) >= 11 is 0. The summed E-state index contributed by atoms with van der Waals surface area (Å²) < 4.78 is 19.7. The summed E-state index contributed by atoms with van der Waals surface area (Å²) in [5, 5.41) is 13.6. The quantitative estimate of drug-likeness (QED) is 0.185. The number of amides is 3. The largest absolute Gasteiger partial charge is 0.384 e. The number of nitrogens with two attached hydrogens (primary N) is 1. The van der Waals surface area contributed by atoms with E-state index in [1.807, 2.05) is 6.92 Å². The molecule has 0 aromatic heterocycles. The van der Waals surface area contributed by atoms with Crippen LogP contribution in [-0.4, -0.2) is 41.3 Å². The molecule has 4 rings (SSSR count). The third kappa shape index (κ3) is 5.40. The number of hydrogen-bond donors (Lipinski definition) is 4. The molecular formula is C28H28FN5O4. The van der Waals surface area contributed by atoms with Crippen LogP contribution in [0.3, 0.4) is 0 Å². The Morgan fingerprint density at radius 1 is 1.03 bits per heavy atom. The minimum absolute atomic E-state index is 0.00246. The molecule has 38 heavy (non-hydrogen) atoms. The van der Waals surface area contributed by atoms with Crippen LogP contribution in [0.5, 0.6) is 0 Å². The zero-order valence-electron chi connectivity index (χ0n) is 21.0. The van der Waals surface area contributed by atoms with Gasteiger partial charge < -0.3 is 21.1 Å². The van der Waals surface area contributed by atoms with E-state index in [2.05, 4.69) is 10.6 Å². The smallest absolute Gasteiger partial charge is 0.271 e. The second-order valence-corrected chi connectivity index (χ2v) is 8.79. The van der Waals surface area contributed by atoms with Gasteiger partial charge in [0.25, 0.3) is 17.7 Å². The minimum atomic E-state index is -1.46. The summed E-state index contributed by atoms with van der Waals surface area (Å²) in [5.41, 5.74) is 8.94. The highest BCUT2D eigenvalue weighted by Gasteiger charge is 2.43. The number of benzene rings is 3. The van der Waals surface area contributed by atoms with E-state index in [0.29, 0.717) is 22.4 Å². The van der Waals surface area contributed by atoms with Crippen molar-refractivity contribution in [3.05, 3.63) is 99.9 Å². The van der Waals surface area contributed by atoms with E-state index < -0.39 is 23.9 Å². The van der Waals surface area contributed by atoms with Gasteiger partial charge in [0, 0.05) is 36.5 Å². The van der Waals surface area contributed by atoms with E-state index in [-0.39, 0.29) is 42.5 Å². The molecule has 0 fully saturated rings. The van der Waals surface area contributed by atoms with Crippen LogP contribution in [0.15, 0.2) is 60.7 Å². The van der Waals surface area contributed by atoms with E-state index in [4.69, 9.17) is 15.9 Å². The second kappa shape index (κ2) is 11.2. The number of carbonyl (C=O) groups excluding carboxylic acids is 3. The van der Waals surface area contributed by atoms with Gasteiger partial charge in [0.05, 0.1) is 11.1 Å². The molecule has 196 valence electrons. The maximum Gasteiger partial charge on any atom is 0.271 e. The molecule has 3 amide bonds. The van der Waals surface area contributed by atoms with Crippen LogP contribution in [0.1, 0.15) is 49.9 Å². The van der Waals surface area contributed by atoms with Crippen molar-refractivity contribution in [3.63, 3.8) is 0 Å². The Bertz CT molecular complexity index is 1420. The Morgan fingerprint density at radius 2 is 1.76 bits per heavy atom. The first-order chi connectivity index (χ1) is 18.2. The lowest BCUT2D eigenvalue weighted by molar-refractivity contribution is -0.140. The highest BCUT2D eigenvalue weighted by atomic mass is 19.1. The van der Waals surface area contributed by atoms with Gasteiger partial charge in [0.1, 0.15) is 11.7 Å². The Hall–Kier alpha value is -4.57. The predicted octanol–water partition coefficient (Wildman–Crippen LogP) is 3.31. The molecule has 1 aliphatic rings.